The largest absolute Gasteiger partial charge is 0.323 e. The third-order valence-corrected chi connectivity index (χ3v) is 2.00. The number of nitro benzene ring substituents is 1. The molecule has 0 saturated carbocycles. The number of carbonyl (C=O) groups excluding carboxylic acids is 1. The van der Waals surface area contributed by atoms with Gasteiger partial charge in [0.05, 0.1) is 4.92 Å². The van der Waals surface area contributed by atoms with Crippen LogP contribution < -0.4 is 5.32 Å². The van der Waals surface area contributed by atoms with E-state index in [9.17, 15) is 19.3 Å². The molecule has 8 heteroatoms. The van der Waals surface area contributed by atoms with E-state index in [4.69, 9.17) is 23.2 Å². The van der Waals surface area contributed by atoms with Gasteiger partial charge in [0.25, 0.3) is 5.91 Å². The second-order valence-electron chi connectivity index (χ2n) is 2.71. The molecule has 0 heterocycles. The van der Waals surface area contributed by atoms with Crippen LogP contribution in [0.5, 0.6) is 0 Å². The van der Waals surface area contributed by atoms with Crippen molar-refractivity contribution in [2.75, 3.05) is 5.32 Å². The van der Waals surface area contributed by atoms with Crippen LogP contribution in [-0.2, 0) is 4.79 Å². The molecule has 0 bridgehead atoms. The number of anilines is 1. The van der Waals surface area contributed by atoms with Crippen molar-refractivity contribution in [1.29, 1.82) is 0 Å². The third kappa shape index (κ3) is 3.04. The van der Waals surface area contributed by atoms with Crippen LogP contribution in [0.25, 0.3) is 0 Å². The molecule has 1 aromatic carbocycles. The van der Waals surface area contributed by atoms with E-state index in [1.807, 2.05) is 0 Å². The highest BCUT2D eigenvalue weighted by molar-refractivity contribution is 6.54. The SMILES string of the molecule is O=C(Nc1ccc(F)c([N+](=O)[O-])c1)C(Cl)Cl. The summed E-state index contributed by atoms with van der Waals surface area (Å²) in [6.45, 7) is 0. The average molecular weight is 267 g/mol. The van der Waals surface area contributed by atoms with Crippen LogP contribution in [-0.4, -0.2) is 15.7 Å². The van der Waals surface area contributed by atoms with Gasteiger partial charge in [-0.25, -0.2) is 0 Å². The minimum atomic E-state index is -1.30. The number of halogens is 3. The predicted octanol–water partition coefficient (Wildman–Crippen LogP) is 2.48. The van der Waals surface area contributed by atoms with Gasteiger partial charge in [-0.1, -0.05) is 23.2 Å². The van der Waals surface area contributed by atoms with Gasteiger partial charge in [0.1, 0.15) is 0 Å². The van der Waals surface area contributed by atoms with Crippen molar-refractivity contribution < 1.29 is 14.1 Å². The Morgan fingerprint density at radius 2 is 2.12 bits per heavy atom. The molecule has 5 nitrogen and oxygen atoms in total. The van der Waals surface area contributed by atoms with E-state index >= 15 is 0 Å². The molecule has 0 saturated heterocycles. The van der Waals surface area contributed by atoms with Crippen molar-refractivity contribution in [2.45, 2.75) is 4.84 Å². The number of nitro groups is 1. The Hall–Kier alpha value is -1.40. The third-order valence-electron chi connectivity index (χ3n) is 1.61. The van der Waals surface area contributed by atoms with Gasteiger partial charge in [-0.3, -0.25) is 14.9 Å². The van der Waals surface area contributed by atoms with Gasteiger partial charge in [-0.15, -0.1) is 0 Å². The summed E-state index contributed by atoms with van der Waals surface area (Å²) in [5.41, 5.74) is -0.692. The van der Waals surface area contributed by atoms with E-state index in [0.717, 1.165) is 18.2 Å². The first-order valence-electron chi connectivity index (χ1n) is 3.95. The van der Waals surface area contributed by atoms with Crippen molar-refractivity contribution in [3.8, 4) is 0 Å². The highest BCUT2D eigenvalue weighted by Gasteiger charge is 2.17. The first-order valence-corrected chi connectivity index (χ1v) is 4.82. The molecule has 0 aliphatic heterocycles. The lowest BCUT2D eigenvalue weighted by Gasteiger charge is -2.05. The molecule has 0 unspecified atom stereocenters. The quantitative estimate of drug-likeness (QED) is 0.519. The molecule has 0 radical (unpaired) electrons. The lowest BCUT2D eigenvalue weighted by Crippen LogP contribution is -2.18. The smallest absolute Gasteiger partial charge is 0.306 e. The summed E-state index contributed by atoms with van der Waals surface area (Å²) in [5, 5.41) is 12.6. The zero-order valence-corrected chi connectivity index (χ0v) is 9.13. The van der Waals surface area contributed by atoms with Crippen LogP contribution in [0, 0.1) is 15.9 Å². The second kappa shape index (κ2) is 5.09. The van der Waals surface area contributed by atoms with E-state index in [1.165, 1.54) is 0 Å². The normalized spacial score (nSPS) is 10.2. The van der Waals surface area contributed by atoms with E-state index in [2.05, 4.69) is 5.32 Å². The van der Waals surface area contributed by atoms with Crippen LogP contribution >= 0.6 is 23.2 Å². The summed E-state index contributed by atoms with van der Waals surface area (Å²) in [7, 11) is 0. The minimum absolute atomic E-state index is 0.0457. The number of amides is 1. The second-order valence-corrected chi connectivity index (χ2v) is 3.81. The van der Waals surface area contributed by atoms with Crippen molar-refractivity contribution in [3.05, 3.63) is 34.1 Å². The Balaban J connectivity index is 2.95. The van der Waals surface area contributed by atoms with Gasteiger partial charge in [-0.05, 0) is 12.1 Å². The Morgan fingerprint density at radius 3 is 2.62 bits per heavy atom. The van der Waals surface area contributed by atoms with Crippen molar-refractivity contribution >= 4 is 40.5 Å². The van der Waals surface area contributed by atoms with Gasteiger partial charge in [0, 0.05) is 11.8 Å². The van der Waals surface area contributed by atoms with Gasteiger partial charge in [0.2, 0.25) is 5.82 Å². The van der Waals surface area contributed by atoms with Crippen LogP contribution in [0.3, 0.4) is 0 Å². The molecule has 1 rings (SSSR count). The van der Waals surface area contributed by atoms with Crippen molar-refractivity contribution in [1.82, 2.24) is 0 Å². The Kier molecular flexibility index (Phi) is 4.03. The molecule has 0 fully saturated rings. The highest BCUT2D eigenvalue weighted by atomic mass is 35.5. The molecular formula is C8H5Cl2FN2O3. The number of nitrogens with one attached hydrogen (secondary N) is 1. The fourth-order valence-corrected chi connectivity index (χ4v) is 1.04. The first-order chi connectivity index (χ1) is 7.41. The Labute approximate surface area is 99.3 Å². The number of nitrogens with zero attached hydrogens (tertiary/aromatic N) is 1. The molecule has 1 amide bonds. The van der Waals surface area contributed by atoms with Crippen LogP contribution in [0.2, 0.25) is 0 Å². The fraction of sp³-hybridized carbons (Fsp3) is 0.125. The van der Waals surface area contributed by atoms with Gasteiger partial charge in [-0.2, -0.15) is 4.39 Å². The number of alkyl halides is 2. The van der Waals surface area contributed by atoms with Crippen molar-refractivity contribution in [3.63, 3.8) is 0 Å². The maximum atomic E-state index is 12.9. The fourth-order valence-electron chi connectivity index (χ4n) is 0.927. The topological polar surface area (TPSA) is 72.2 Å². The van der Waals surface area contributed by atoms with E-state index in [-0.39, 0.29) is 5.69 Å². The number of carbonyl (C=O) groups is 1. The Bertz CT molecular complexity index is 439. The van der Waals surface area contributed by atoms with Crippen LogP contribution in [0.1, 0.15) is 0 Å². The first kappa shape index (κ1) is 12.7. The summed E-state index contributed by atoms with van der Waals surface area (Å²) < 4.78 is 12.9. The molecular weight excluding hydrogens is 262 g/mol. The summed E-state index contributed by atoms with van der Waals surface area (Å²) in [5.74, 6) is -1.74. The summed E-state index contributed by atoms with van der Waals surface area (Å²) in [6.07, 6.45) is 0. The summed E-state index contributed by atoms with van der Waals surface area (Å²) >= 11 is 10.5. The molecule has 86 valence electrons. The van der Waals surface area contributed by atoms with E-state index in [1.54, 1.807) is 0 Å². The maximum Gasteiger partial charge on any atom is 0.306 e. The number of rotatable bonds is 3. The molecule has 0 atom stereocenters. The predicted molar refractivity (Wildman–Crippen MR) is 57.2 cm³/mol. The van der Waals surface area contributed by atoms with Gasteiger partial charge >= 0.3 is 5.69 Å². The lowest BCUT2D eigenvalue weighted by molar-refractivity contribution is -0.387. The molecule has 0 aromatic heterocycles. The molecule has 16 heavy (non-hydrogen) atoms. The number of benzene rings is 1. The average Bonchev–Trinajstić information content (AvgIpc) is 2.20. The number of hydrogen-bond acceptors (Lipinski definition) is 3. The lowest BCUT2D eigenvalue weighted by atomic mass is 10.2. The number of hydrogen-bond donors (Lipinski definition) is 1. The molecule has 1 aromatic rings. The zero-order valence-electron chi connectivity index (χ0n) is 7.62. The van der Waals surface area contributed by atoms with Crippen LogP contribution in [0.15, 0.2) is 18.2 Å². The Morgan fingerprint density at radius 1 is 1.50 bits per heavy atom. The molecule has 0 spiro atoms. The molecule has 0 aliphatic carbocycles. The molecule has 1 N–H and O–H groups in total. The van der Waals surface area contributed by atoms with Crippen molar-refractivity contribution in [2.24, 2.45) is 0 Å². The maximum absolute atomic E-state index is 12.9. The monoisotopic (exact) mass is 266 g/mol. The van der Waals surface area contributed by atoms with E-state index in [0.29, 0.717) is 0 Å². The highest BCUT2D eigenvalue weighted by Crippen LogP contribution is 2.22. The minimum Gasteiger partial charge on any atom is -0.323 e. The van der Waals surface area contributed by atoms with Gasteiger partial charge < -0.3 is 5.32 Å². The summed E-state index contributed by atoms with van der Waals surface area (Å²) in [4.78, 5) is 19.2. The van der Waals surface area contributed by atoms with Gasteiger partial charge in [0.15, 0.2) is 4.84 Å². The zero-order chi connectivity index (χ0) is 12.3. The molecule has 0 aliphatic rings. The summed E-state index contributed by atoms with van der Waals surface area (Å²) in [6, 6.07) is 2.91. The standard InChI is InChI=1S/C8H5Cl2FN2O3/c9-7(10)8(14)12-4-1-2-5(11)6(3-4)13(15)16/h1-3,7H,(H,12,14). The van der Waals surface area contributed by atoms with Crippen LogP contribution in [0.4, 0.5) is 15.8 Å². The van der Waals surface area contributed by atoms with E-state index < -0.39 is 27.2 Å².